The first-order valence-electron chi connectivity index (χ1n) is 3.55. The van der Waals surface area contributed by atoms with Crippen LogP contribution in [0.2, 0.25) is 0 Å². The molecule has 1 nitrogen and oxygen atoms in total. The smallest absolute Gasteiger partial charge is 0.142 e. The molecule has 0 aliphatic carbocycles. The molecule has 0 aromatic rings. The SMILES string of the molecule is CC(C)C1=C(F)C=NC1C. The van der Waals surface area contributed by atoms with Crippen LogP contribution in [0.4, 0.5) is 4.39 Å². The van der Waals surface area contributed by atoms with Crippen LogP contribution in [0.1, 0.15) is 20.8 Å². The molecule has 56 valence electrons. The second-order valence-corrected chi connectivity index (χ2v) is 2.91. The Balaban J connectivity index is 2.85. The molecule has 0 bridgehead atoms. The Morgan fingerprint density at radius 1 is 1.60 bits per heavy atom. The van der Waals surface area contributed by atoms with Gasteiger partial charge in [-0.3, -0.25) is 4.99 Å². The van der Waals surface area contributed by atoms with Crippen LogP contribution in [-0.2, 0) is 0 Å². The molecule has 1 unspecified atom stereocenters. The predicted molar refractivity (Wildman–Crippen MR) is 40.9 cm³/mol. The summed E-state index contributed by atoms with van der Waals surface area (Å²) in [6.45, 7) is 5.89. The number of halogens is 1. The molecular formula is C8H12FN. The van der Waals surface area contributed by atoms with Gasteiger partial charge in [-0.25, -0.2) is 4.39 Å². The molecule has 0 amide bonds. The third-order valence-electron chi connectivity index (χ3n) is 1.76. The van der Waals surface area contributed by atoms with E-state index in [1.165, 1.54) is 6.21 Å². The number of hydrogen-bond donors (Lipinski definition) is 0. The van der Waals surface area contributed by atoms with Gasteiger partial charge in [-0.05, 0) is 18.4 Å². The summed E-state index contributed by atoms with van der Waals surface area (Å²) in [6, 6.07) is 0.0556. The maximum Gasteiger partial charge on any atom is 0.142 e. The molecule has 1 rings (SSSR count). The van der Waals surface area contributed by atoms with Gasteiger partial charge < -0.3 is 0 Å². The molecule has 0 N–H and O–H groups in total. The summed E-state index contributed by atoms with van der Waals surface area (Å²) in [6.07, 6.45) is 1.32. The van der Waals surface area contributed by atoms with Crippen molar-refractivity contribution in [3.05, 3.63) is 11.4 Å². The van der Waals surface area contributed by atoms with Gasteiger partial charge in [0.2, 0.25) is 0 Å². The third-order valence-corrected chi connectivity index (χ3v) is 1.76. The van der Waals surface area contributed by atoms with Crippen molar-refractivity contribution in [2.45, 2.75) is 26.8 Å². The van der Waals surface area contributed by atoms with Crippen LogP contribution in [0.15, 0.2) is 16.4 Å². The molecule has 0 saturated heterocycles. The highest BCUT2D eigenvalue weighted by molar-refractivity contribution is 5.80. The van der Waals surface area contributed by atoms with Gasteiger partial charge >= 0.3 is 0 Å². The van der Waals surface area contributed by atoms with E-state index in [1.807, 2.05) is 20.8 Å². The van der Waals surface area contributed by atoms with Crippen molar-refractivity contribution in [3.8, 4) is 0 Å². The van der Waals surface area contributed by atoms with E-state index in [0.717, 1.165) is 5.57 Å². The van der Waals surface area contributed by atoms with Crippen LogP contribution in [0.25, 0.3) is 0 Å². The van der Waals surface area contributed by atoms with E-state index >= 15 is 0 Å². The van der Waals surface area contributed by atoms with Crippen LogP contribution in [0, 0.1) is 5.92 Å². The Bertz CT molecular complexity index is 191. The number of allylic oxidation sites excluding steroid dienone is 1. The molecule has 1 atom stereocenters. The molecule has 0 aromatic heterocycles. The molecule has 1 heterocycles. The number of nitrogens with zero attached hydrogens (tertiary/aromatic N) is 1. The van der Waals surface area contributed by atoms with E-state index in [1.54, 1.807) is 0 Å². The van der Waals surface area contributed by atoms with Gasteiger partial charge in [0.25, 0.3) is 0 Å². The molecule has 0 saturated carbocycles. The van der Waals surface area contributed by atoms with Crippen LogP contribution in [0.5, 0.6) is 0 Å². The minimum absolute atomic E-state index is 0.0556. The van der Waals surface area contributed by atoms with E-state index in [4.69, 9.17) is 0 Å². The second kappa shape index (κ2) is 2.52. The van der Waals surface area contributed by atoms with E-state index in [2.05, 4.69) is 4.99 Å². The van der Waals surface area contributed by atoms with Gasteiger partial charge in [-0.1, -0.05) is 13.8 Å². The zero-order valence-electron chi connectivity index (χ0n) is 6.56. The first-order valence-corrected chi connectivity index (χ1v) is 3.55. The lowest BCUT2D eigenvalue weighted by molar-refractivity contribution is 0.613. The van der Waals surface area contributed by atoms with Crippen molar-refractivity contribution < 1.29 is 4.39 Å². The predicted octanol–water partition coefficient (Wildman–Crippen LogP) is 2.34. The number of rotatable bonds is 1. The van der Waals surface area contributed by atoms with E-state index < -0.39 is 0 Å². The van der Waals surface area contributed by atoms with Crippen molar-refractivity contribution in [1.82, 2.24) is 0 Å². The Labute approximate surface area is 60.7 Å². The lowest BCUT2D eigenvalue weighted by Crippen LogP contribution is -2.05. The van der Waals surface area contributed by atoms with Crippen molar-refractivity contribution in [2.75, 3.05) is 0 Å². The fourth-order valence-electron chi connectivity index (χ4n) is 1.29. The normalized spacial score (nSPS) is 25.1. The number of hydrogen-bond acceptors (Lipinski definition) is 1. The first-order chi connectivity index (χ1) is 4.63. The minimum atomic E-state index is -0.137. The maximum absolute atomic E-state index is 12.8. The van der Waals surface area contributed by atoms with Crippen molar-refractivity contribution in [1.29, 1.82) is 0 Å². The average Bonchev–Trinajstić information content (AvgIpc) is 2.11. The first kappa shape index (κ1) is 7.45. The Hall–Kier alpha value is -0.660. The summed E-state index contributed by atoms with van der Waals surface area (Å²) in [7, 11) is 0. The summed E-state index contributed by atoms with van der Waals surface area (Å²) in [5, 5.41) is 0. The van der Waals surface area contributed by atoms with Gasteiger partial charge in [0.1, 0.15) is 5.83 Å². The highest BCUT2D eigenvalue weighted by Gasteiger charge is 2.20. The average molecular weight is 141 g/mol. The number of aliphatic imine (C=N–C) groups is 1. The lowest BCUT2D eigenvalue weighted by atomic mass is 9.98. The Kier molecular flexibility index (Phi) is 1.88. The lowest BCUT2D eigenvalue weighted by Gasteiger charge is -2.10. The minimum Gasteiger partial charge on any atom is -0.283 e. The van der Waals surface area contributed by atoms with Gasteiger partial charge in [-0.15, -0.1) is 0 Å². The second-order valence-electron chi connectivity index (χ2n) is 2.91. The van der Waals surface area contributed by atoms with E-state index in [0.29, 0.717) is 0 Å². The summed E-state index contributed by atoms with van der Waals surface area (Å²) in [5.41, 5.74) is 0.833. The summed E-state index contributed by atoms with van der Waals surface area (Å²) >= 11 is 0. The fraction of sp³-hybridized carbons (Fsp3) is 0.625. The van der Waals surface area contributed by atoms with E-state index in [9.17, 15) is 4.39 Å². The van der Waals surface area contributed by atoms with Crippen LogP contribution in [0.3, 0.4) is 0 Å². The molecule has 0 radical (unpaired) electrons. The molecule has 1 aliphatic rings. The van der Waals surface area contributed by atoms with Crippen molar-refractivity contribution in [3.63, 3.8) is 0 Å². The fourth-order valence-corrected chi connectivity index (χ4v) is 1.29. The highest BCUT2D eigenvalue weighted by atomic mass is 19.1. The summed E-state index contributed by atoms with van der Waals surface area (Å²) in [5.74, 6) is 0.139. The molecular weight excluding hydrogens is 129 g/mol. The van der Waals surface area contributed by atoms with Crippen LogP contribution in [-0.4, -0.2) is 12.3 Å². The summed E-state index contributed by atoms with van der Waals surface area (Å²) < 4.78 is 12.8. The van der Waals surface area contributed by atoms with Gasteiger partial charge in [0, 0.05) is 0 Å². The standard InChI is InChI=1S/C8H12FN/c1-5(2)8-6(3)10-4-7(8)9/h4-6H,1-3H3. The molecule has 2 heteroatoms. The monoisotopic (exact) mass is 141 g/mol. The van der Waals surface area contributed by atoms with Gasteiger partial charge in [0.05, 0.1) is 12.3 Å². The maximum atomic E-state index is 12.8. The molecule has 0 spiro atoms. The molecule has 0 aromatic carbocycles. The van der Waals surface area contributed by atoms with Crippen LogP contribution < -0.4 is 0 Å². The molecule has 1 aliphatic heterocycles. The van der Waals surface area contributed by atoms with Gasteiger partial charge in [-0.2, -0.15) is 0 Å². The Morgan fingerprint density at radius 2 is 2.20 bits per heavy atom. The molecule has 10 heavy (non-hydrogen) atoms. The Morgan fingerprint density at radius 3 is 2.40 bits per heavy atom. The molecule has 0 fully saturated rings. The zero-order valence-corrected chi connectivity index (χ0v) is 6.56. The quantitative estimate of drug-likeness (QED) is 0.531. The highest BCUT2D eigenvalue weighted by Crippen LogP contribution is 2.25. The largest absolute Gasteiger partial charge is 0.283 e. The van der Waals surface area contributed by atoms with E-state index in [-0.39, 0.29) is 17.8 Å². The van der Waals surface area contributed by atoms with Crippen LogP contribution >= 0.6 is 0 Å². The third kappa shape index (κ3) is 1.11. The topological polar surface area (TPSA) is 12.4 Å². The summed E-state index contributed by atoms with van der Waals surface area (Å²) in [4.78, 5) is 3.95. The van der Waals surface area contributed by atoms with Crippen molar-refractivity contribution >= 4 is 6.21 Å². The van der Waals surface area contributed by atoms with Crippen molar-refractivity contribution in [2.24, 2.45) is 10.9 Å². The zero-order chi connectivity index (χ0) is 7.72. The van der Waals surface area contributed by atoms with Gasteiger partial charge in [0.15, 0.2) is 0 Å².